The molecule has 0 spiro atoms. The van der Waals surface area contributed by atoms with Crippen LogP contribution in [0.1, 0.15) is 12.8 Å². The van der Waals surface area contributed by atoms with E-state index in [1.54, 1.807) is 6.66 Å². The van der Waals surface area contributed by atoms with Crippen molar-refractivity contribution in [2.75, 3.05) is 0 Å². The van der Waals surface area contributed by atoms with Crippen LogP contribution in [0.2, 0.25) is 0 Å². The molecular formula is C10H12Cl2Hf. The first-order chi connectivity index (χ1) is 5.45. The SMILES string of the molecule is C1=CC[C]([Hf][C]2=CC=CC2)=C1.Cl.Cl. The van der Waals surface area contributed by atoms with Crippen LogP contribution in [0.3, 0.4) is 0 Å². The first-order valence-corrected chi connectivity index (χ1v) is 7.53. The summed E-state index contributed by atoms with van der Waals surface area (Å²) >= 11 is -0.526. The number of hydrogen-bond donors (Lipinski definition) is 0. The molecule has 0 N–H and O–H groups in total. The number of halogens is 2. The summed E-state index contributed by atoms with van der Waals surface area (Å²) in [7, 11) is 0. The Morgan fingerprint density at radius 2 is 1.31 bits per heavy atom. The predicted molar refractivity (Wildman–Crippen MR) is 58.2 cm³/mol. The number of rotatable bonds is 2. The van der Waals surface area contributed by atoms with E-state index in [1.165, 1.54) is 12.8 Å². The van der Waals surface area contributed by atoms with Crippen LogP contribution in [0, 0.1) is 0 Å². The van der Waals surface area contributed by atoms with Gasteiger partial charge in [0, 0.05) is 0 Å². The second kappa shape index (κ2) is 6.80. The normalized spacial score (nSPS) is 17.2. The van der Waals surface area contributed by atoms with Crippen molar-refractivity contribution < 1.29 is 22.9 Å². The molecule has 0 radical (unpaired) electrons. The molecule has 70 valence electrons. The van der Waals surface area contributed by atoms with Gasteiger partial charge in [0.1, 0.15) is 0 Å². The zero-order valence-corrected chi connectivity index (χ0v) is 12.4. The fourth-order valence-electron chi connectivity index (χ4n) is 1.29. The third-order valence-corrected chi connectivity index (χ3v) is 6.84. The molecule has 2 aliphatic carbocycles. The molecule has 2 aliphatic rings. The van der Waals surface area contributed by atoms with Crippen molar-refractivity contribution in [3.63, 3.8) is 0 Å². The van der Waals surface area contributed by atoms with Crippen LogP contribution in [0.5, 0.6) is 0 Å². The summed E-state index contributed by atoms with van der Waals surface area (Å²) in [5.41, 5.74) is 0. The van der Waals surface area contributed by atoms with E-state index in [0.29, 0.717) is 0 Å². The molecule has 0 aromatic rings. The van der Waals surface area contributed by atoms with Crippen LogP contribution >= 0.6 is 24.8 Å². The monoisotopic (exact) mass is 382 g/mol. The molecule has 0 amide bonds. The maximum atomic E-state index is 2.32. The largest absolute Gasteiger partial charge is 0.147 e. The first kappa shape index (κ1) is 13.4. The summed E-state index contributed by atoms with van der Waals surface area (Å²) in [6, 6.07) is 0. The van der Waals surface area contributed by atoms with Crippen molar-refractivity contribution >= 4 is 24.8 Å². The molecule has 0 saturated carbocycles. The Bertz CT molecular complexity index is 247. The van der Waals surface area contributed by atoms with Gasteiger partial charge >= 0.3 is 78.9 Å². The second-order valence-corrected chi connectivity index (χ2v) is 8.29. The van der Waals surface area contributed by atoms with Crippen molar-refractivity contribution in [3.05, 3.63) is 43.1 Å². The number of allylic oxidation sites excluding steroid dienone is 8. The zero-order chi connectivity index (χ0) is 7.52. The van der Waals surface area contributed by atoms with Crippen molar-refractivity contribution in [3.8, 4) is 0 Å². The van der Waals surface area contributed by atoms with Gasteiger partial charge in [-0.05, 0) is 0 Å². The summed E-state index contributed by atoms with van der Waals surface area (Å²) in [4.78, 5) is 0. The van der Waals surface area contributed by atoms with E-state index in [-0.39, 0.29) is 24.8 Å². The van der Waals surface area contributed by atoms with Crippen LogP contribution in [0.25, 0.3) is 0 Å². The Balaban J connectivity index is 0.000000720. The molecule has 0 fully saturated rings. The molecule has 0 aliphatic heterocycles. The average molecular weight is 382 g/mol. The minimum atomic E-state index is -0.526. The molecule has 0 saturated heterocycles. The van der Waals surface area contributed by atoms with Gasteiger partial charge in [-0.1, -0.05) is 0 Å². The molecule has 0 atom stereocenters. The van der Waals surface area contributed by atoms with E-state index >= 15 is 0 Å². The molecule has 0 unspecified atom stereocenters. The summed E-state index contributed by atoms with van der Waals surface area (Å²) in [6.45, 7) is 0. The van der Waals surface area contributed by atoms with Crippen LogP contribution in [0.4, 0.5) is 0 Å². The molecule has 3 heteroatoms. The third-order valence-electron chi connectivity index (χ3n) is 1.86. The maximum absolute atomic E-state index is 2.32. The smallest absolute Gasteiger partial charge is 0.147 e. The molecule has 13 heavy (non-hydrogen) atoms. The Labute approximate surface area is 103 Å². The predicted octanol–water partition coefficient (Wildman–Crippen LogP) is 3.60. The van der Waals surface area contributed by atoms with Gasteiger partial charge < -0.3 is 0 Å². The van der Waals surface area contributed by atoms with E-state index in [9.17, 15) is 0 Å². The van der Waals surface area contributed by atoms with E-state index in [0.717, 1.165) is 0 Å². The van der Waals surface area contributed by atoms with Gasteiger partial charge in [-0.25, -0.2) is 0 Å². The second-order valence-electron chi connectivity index (χ2n) is 2.77. The summed E-state index contributed by atoms with van der Waals surface area (Å²) in [5, 5.41) is 0. The van der Waals surface area contributed by atoms with Crippen molar-refractivity contribution in [1.29, 1.82) is 0 Å². The van der Waals surface area contributed by atoms with E-state index in [4.69, 9.17) is 0 Å². The van der Waals surface area contributed by atoms with Gasteiger partial charge in [0.15, 0.2) is 0 Å². The Morgan fingerprint density at radius 3 is 1.62 bits per heavy atom. The van der Waals surface area contributed by atoms with E-state index in [2.05, 4.69) is 36.5 Å². The standard InChI is InChI=1S/2C5H5.2ClH.Hf/c2*1-2-4-5-3-1;;;/h2*1-3H,4H2;2*1H;. The first-order valence-electron chi connectivity index (χ1n) is 3.93. The molecule has 0 heterocycles. The Hall–Kier alpha value is 0.410. The van der Waals surface area contributed by atoms with Crippen LogP contribution in [-0.4, -0.2) is 0 Å². The molecular weight excluding hydrogens is 370 g/mol. The topological polar surface area (TPSA) is 0 Å². The van der Waals surface area contributed by atoms with Gasteiger partial charge in [0.2, 0.25) is 0 Å². The molecule has 2 rings (SSSR count). The molecule has 0 bridgehead atoms. The van der Waals surface area contributed by atoms with Gasteiger partial charge in [-0.2, -0.15) is 0 Å². The minimum Gasteiger partial charge on any atom is -0.147 e. The summed E-state index contributed by atoms with van der Waals surface area (Å²) in [6.07, 6.45) is 16.1. The zero-order valence-electron chi connectivity index (χ0n) is 7.19. The van der Waals surface area contributed by atoms with Gasteiger partial charge in [0.25, 0.3) is 0 Å². The van der Waals surface area contributed by atoms with Crippen molar-refractivity contribution in [2.24, 2.45) is 0 Å². The summed E-state index contributed by atoms with van der Waals surface area (Å²) < 4.78 is 3.50. The maximum Gasteiger partial charge on any atom is -0.147 e. The number of hydrogen-bond acceptors (Lipinski definition) is 0. The Morgan fingerprint density at radius 1 is 0.846 bits per heavy atom. The Kier molecular flexibility index (Phi) is 7.02. The van der Waals surface area contributed by atoms with Gasteiger partial charge in [0.05, 0.1) is 0 Å². The minimum absolute atomic E-state index is 0. The average Bonchev–Trinajstić information content (AvgIpc) is 2.60. The molecule has 0 aromatic carbocycles. The third kappa shape index (κ3) is 3.97. The quantitative estimate of drug-likeness (QED) is 0.641. The van der Waals surface area contributed by atoms with Crippen LogP contribution < -0.4 is 0 Å². The van der Waals surface area contributed by atoms with Crippen LogP contribution in [0.15, 0.2) is 43.1 Å². The fourth-order valence-corrected chi connectivity index (χ4v) is 5.64. The van der Waals surface area contributed by atoms with Crippen LogP contribution in [-0.2, 0) is 22.9 Å². The summed E-state index contributed by atoms with van der Waals surface area (Å²) in [5.74, 6) is 0. The fraction of sp³-hybridized carbons (Fsp3) is 0.200. The van der Waals surface area contributed by atoms with Crippen molar-refractivity contribution in [1.82, 2.24) is 0 Å². The van der Waals surface area contributed by atoms with Crippen molar-refractivity contribution in [2.45, 2.75) is 12.8 Å². The molecule has 0 aromatic heterocycles. The van der Waals surface area contributed by atoms with Gasteiger partial charge in [-0.15, -0.1) is 24.8 Å². The van der Waals surface area contributed by atoms with E-state index < -0.39 is 22.9 Å². The van der Waals surface area contributed by atoms with Gasteiger partial charge in [-0.3, -0.25) is 0 Å². The van der Waals surface area contributed by atoms with E-state index in [1.807, 2.05) is 0 Å². The molecule has 0 nitrogen and oxygen atoms in total.